The van der Waals surface area contributed by atoms with E-state index in [1.807, 2.05) is 0 Å². The van der Waals surface area contributed by atoms with Gasteiger partial charge >= 0.3 is 5.97 Å². The first-order valence-electron chi connectivity index (χ1n) is 8.36. The van der Waals surface area contributed by atoms with Gasteiger partial charge in [-0.15, -0.1) is 0 Å². The van der Waals surface area contributed by atoms with Crippen LogP contribution in [0.25, 0.3) is 0 Å². The number of hydrogen-bond acceptors (Lipinski definition) is 5. The molecule has 0 bridgehead atoms. The number of phenols is 2. The molecule has 3 atom stereocenters. The predicted molar refractivity (Wildman–Crippen MR) is 90.7 cm³/mol. The summed E-state index contributed by atoms with van der Waals surface area (Å²) in [5.74, 6) is -0.748. The first kappa shape index (κ1) is 18.6. The third kappa shape index (κ3) is 3.22. The minimum Gasteiger partial charge on any atom is -0.504 e. The first-order valence-corrected chi connectivity index (χ1v) is 8.36. The molecule has 0 radical (unpaired) electrons. The minimum absolute atomic E-state index is 0.0266. The summed E-state index contributed by atoms with van der Waals surface area (Å²) in [5.41, 5.74) is 0.402. The van der Waals surface area contributed by atoms with Crippen molar-refractivity contribution in [2.75, 3.05) is 0 Å². The number of carbonyl (C=O) groups excluding carboxylic acids is 1. The van der Waals surface area contributed by atoms with Crippen molar-refractivity contribution in [2.24, 2.45) is 16.7 Å². The van der Waals surface area contributed by atoms with Crippen LogP contribution in [0.4, 0.5) is 0 Å². The molecule has 1 saturated carbocycles. The van der Waals surface area contributed by atoms with Gasteiger partial charge in [-0.2, -0.15) is 0 Å². The summed E-state index contributed by atoms with van der Waals surface area (Å²) in [6.07, 6.45) is -0.737. The highest BCUT2D eigenvalue weighted by atomic mass is 16.6. The lowest BCUT2D eigenvalue weighted by molar-refractivity contribution is -0.165. The smallest absolute Gasteiger partial charge is 0.335 e. The fourth-order valence-corrected chi connectivity index (χ4v) is 3.38. The number of benzene rings is 1. The Balaban J connectivity index is 2.03. The van der Waals surface area contributed by atoms with Gasteiger partial charge in [0.25, 0.3) is 0 Å². The molecule has 2 rings (SSSR count). The van der Waals surface area contributed by atoms with Gasteiger partial charge in [-0.25, -0.2) is 4.79 Å². The van der Waals surface area contributed by atoms with E-state index in [0.29, 0.717) is 11.5 Å². The van der Waals surface area contributed by atoms with Gasteiger partial charge in [0.05, 0.1) is 0 Å². The fourth-order valence-electron chi connectivity index (χ4n) is 3.38. The molecule has 1 aromatic rings. The lowest BCUT2D eigenvalue weighted by Gasteiger charge is -2.40. The van der Waals surface area contributed by atoms with Crippen LogP contribution in [0.1, 0.15) is 46.6 Å². The van der Waals surface area contributed by atoms with Crippen molar-refractivity contribution in [1.29, 1.82) is 0 Å². The summed E-state index contributed by atoms with van der Waals surface area (Å²) in [6.45, 7) is 10.7. The Hall–Kier alpha value is -1.75. The van der Waals surface area contributed by atoms with Crippen molar-refractivity contribution in [3.8, 4) is 11.5 Å². The molecule has 0 aromatic heterocycles. The van der Waals surface area contributed by atoms with Gasteiger partial charge in [0.1, 0.15) is 6.10 Å². The lowest BCUT2D eigenvalue weighted by Crippen LogP contribution is -2.40. The van der Waals surface area contributed by atoms with Crippen molar-refractivity contribution in [1.82, 2.24) is 0 Å². The van der Waals surface area contributed by atoms with Gasteiger partial charge in [0, 0.05) is 11.8 Å². The third-order valence-corrected chi connectivity index (χ3v) is 6.26. The standard InChI is InChI=1S/C19H28O5/c1-11-8-16(19(4,5)18(11,2)3)24-17(23)15(22)10-12-6-7-13(20)14(21)9-12/h6-7,9,11,15-16,20-22H,8,10H2,1-5H3/t11-,15-,16+/m1/s1. The van der Waals surface area contributed by atoms with Gasteiger partial charge < -0.3 is 20.1 Å². The molecule has 0 unspecified atom stereocenters. The van der Waals surface area contributed by atoms with E-state index in [9.17, 15) is 20.1 Å². The van der Waals surface area contributed by atoms with Gasteiger partial charge in [0.2, 0.25) is 0 Å². The molecule has 3 N–H and O–H groups in total. The summed E-state index contributed by atoms with van der Waals surface area (Å²) in [6, 6.07) is 4.21. The molecule has 5 heteroatoms. The molecule has 5 nitrogen and oxygen atoms in total. The number of phenolic OH excluding ortho intramolecular Hbond substituents is 2. The predicted octanol–water partition coefficient (Wildman–Crippen LogP) is 3.01. The number of aromatic hydroxyl groups is 2. The second-order valence-electron chi connectivity index (χ2n) is 8.05. The highest BCUT2D eigenvalue weighted by Gasteiger charge is 2.54. The molecule has 24 heavy (non-hydrogen) atoms. The average Bonchev–Trinajstić information content (AvgIpc) is 2.63. The molecule has 1 aromatic carbocycles. The minimum atomic E-state index is -1.30. The van der Waals surface area contributed by atoms with Crippen molar-refractivity contribution in [3.63, 3.8) is 0 Å². The second kappa shape index (κ2) is 6.28. The van der Waals surface area contributed by atoms with Crippen LogP contribution < -0.4 is 0 Å². The van der Waals surface area contributed by atoms with Crippen LogP contribution in [0.15, 0.2) is 18.2 Å². The number of aliphatic hydroxyl groups excluding tert-OH is 1. The largest absolute Gasteiger partial charge is 0.504 e. The average molecular weight is 336 g/mol. The molecule has 0 saturated heterocycles. The van der Waals surface area contributed by atoms with Crippen molar-refractivity contribution in [2.45, 2.75) is 59.7 Å². The maximum Gasteiger partial charge on any atom is 0.335 e. The summed E-state index contributed by atoms with van der Waals surface area (Å²) in [5, 5.41) is 28.9. The van der Waals surface area contributed by atoms with Crippen LogP contribution in [-0.2, 0) is 16.0 Å². The van der Waals surface area contributed by atoms with Gasteiger partial charge in [-0.1, -0.05) is 40.7 Å². The summed E-state index contributed by atoms with van der Waals surface area (Å²) >= 11 is 0. The van der Waals surface area contributed by atoms with Crippen LogP contribution in [0.3, 0.4) is 0 Å². The number of esters is 1. The highest BCUT2D eigenvalue weighted by Crippen LogP contribution is 2.56. The number of aliphatic hydroxyl groups is 1. The summed E-state index contributed by atoms with van der Waals surface area (Å²) < 4.78 is 5.62. The Morgan fingerprint density at radius 2 is 1.83 bits per heavy atom. The Morgan fingerprint density at radius 1 is 1.21 bits per heavy atom. The molecule has 0 spiro atoms. The SMILES string of the molecule is C[C@@H]1C[C@H](OC(=O)[C@H](O)Cc2ccc(O)c(O)c2)C(C)(C)C1(C)C. The zero-order chi connectivity index (χ0) is 18.3. The Bertz CT molecular complexity index is 620. The van der Waals surface area contributed by atoms with E-state index in [1.165, 1.54) is 12.1 Å². The molecule has 1 aliphatic rings. The maximum absolute atomic E-state index is 12.3. The third-order valence-electron chi connectivity index (χ3n) is 6.26. The van der Waals surface area contributed by atoms with Crippen LogP contribution in [0.2, 0.25) is 0 Å². The lowest BCUT2D eigenvalue weighted by atomic mass is 9.67. The van der Waals surface area contributed by atoms with Crippen LogP contribution in [-0.4, -0.2) is 33.5 Å². The topological polar surface area (TPSA) is 87.0 Å². The Morgan fingerprint density at radius 3 is 2.33 bits per heavy atom. The number of ether oxygens (including phenoxy) is 1. The van der Waals surface area contributed by atoms with Crippen LogP contribution in [0.5, 0.6) is 11.5 Å². The van der Waals surface area contributed by atoms with Crippen LogP contribution >= 0.6 is 0 Å². The molecule has 0 heterocycles. The second-order valence-corrected chi connectivity index (χ2v) is 8.05. The summed E-state index contributed by atoms with van der Waals surface area (Å²) in [7, 11) is 0. The van der Waals surface area contributed by atoms with E-state index in [1.54, 1.807) is 6.07 Å². The Kier molecular flexibility index (Phi) is 4.86. The molecule has 0 aliphatic heterocycles. The van der Waals surface area contributed by atoms with E-state index in [2.05, 4.69) is 34.6 Å². The fraction of sp³-hybridized carbons (Fsp3) is 0.632. The first-order chi connectivity index (χ1) is 11.0. The van der Waals surface area contributed by atoms with Crippen molar-refractivity contribution < 1.29 is 24.9 Å². The number of rotatable bonds is 4. The summed E-state index contributed by atoms with van der Waals surface area (Å²) in [4.78, 5) is 12.3. The molecular weight excluding hydrogens is 308 g/mol. The zero-order valence-electron chi connectivity index (χ0n) is 15.0. The van der Waals surface area contributed by atoms with Gasteiger partial charge in [-0.05, 0) is 35.4 Å². The Labute approximate surface area is 143 Å². The van der Waals surface area contributed by atoms with Crippen LogP contribution in [0, 0.1) is 16.7 Å². The van der Waals surface area contributed by atoms with E-state index in [0.717, 1.165) is 6.42 Å². The van der Waals surface area contributed by atoms with E-state index < -0.39 is 12.1 Å². The number of hydrogen-bond donors (Lipinski definition) is 3. The van der Waals surface area contributed by atoms with E-state index >= 15 is 0 Å². The van der Waals surface area contributed by atoms with Gasteiger partial charge in [-0.3, -0.25) is 0 Å². The van der Waals surface area contributed by atoms with Crippen molar-refractivity contribution in [3.05, 3.63) is 23.8 Å². The molecular formula is C19H28O5. The van der Waals surface area contributed by atoms with E-state index in [-0.39, 0.29) is 34.9 Å². The van der Waals surface area contributed by atoms with E-state index in [4.69, 9.17) is 4.74 Å². The normalized spacial score (nSPS) is 26.1. The quantitative estimate of drug-likeness (QED) is 0.581. The monoisotopic (exact) mass is 336 g/mol. The zero-order valence-corrected chi connectivity index (χ0v) is 15.0. The molecule has 0 amide bonds. The number of carbonyl (C=O) groups is 1. The van der Waals surface area contributed by atoms with Crippen molar-refractivity contribution >= 4 is 5.97 Å². The molecule has 134 valence electrons. The highest BCUT2D eigenvalue weighted by molar-refractivity contribution is 5.75. The maximum atomic E-state index is 12.3. The van der Waals surface area contributed by atoms with Gasteiger partial charge in [0.15, 0.2) is 17.6 Å². The molecule has 1 fully saturated rings. The molecule has 1 aliphatic carbocycles.